The van der Waals surface area contributed by atoms with Crippen LogP contribution in [0.4, 0.5) is 0 Å². The van der Waals surface area contributed by atoms with Crippen LogP contribution in [-0.4, -0.2) is 43.1 Å². The summed E-state index contributed by atoms with van der Waals surface area (Å²) in [7, 11) is 3.66. The second kappa shape index (κ2) is 3.23. The van der Waals surface area contributed by atoms with E-state index in [-0.39, 0.29) is 37.9 Å². The Labute approximate surface area is 82.0 Å². The van der Waals surface area contributed by atoms with Crippen molar-refractivity contribution in [2.75, 3.05) is 14.1 Å². The molecule has 10 heavy (non-hydrogen) atoms. The van der Waals surface area contributed by atoms with Gasteiger partial charge in [0.25, 0.3) is 0 Å². The first-order valence-corrected chi connectivity index (χ1v) is 6.11. The summed E-state index contributed by atoms with van der Waals surface area (Å²) < 4.78 is 47.5. The van der Waals surface area contributed by atoms with Gasteiger partial charge in [0.1, 0.15) is 0 Å². The molecule has 0 aliphatic heterocycles. The number of hydrogen-bond donors (Lipinski definition) is 0. The molecule has 0 aliphatic carbocycles. The number of hydrogen-bond acceptors (Lipinski definition) is 0. The molecule has 0 aliphatic rings. The van der Waals surface area contributed by atoms with Gasteiger partial charge in [0, 0.05) is 0 Å². The Balaban J connectivity index is 3.55. The first-order valence-electron chi connectivity index (χ1n) is 5.68. The van der Waals surface area contributed by atoms with Crippen molar-refractivity contribution < 1.29 is 8.22 Å². The summed E-state index contributed by atoms with van der Waals surface area (Å²) in [5.74, 6) is 0. The van der Waals surface area contributed by atoms with Gasteiger partial charge in [-0.25, -0.2) is 0 Å². The monoisotopic (exact) mass is 276 g/mol. The van der Waals surface area contributed by atoms with E-state index < -0.39 is 13.7 Å². The fourth-order valence-electron chi connectivity index (χ4n) is 0.471. The van der Waals surface area contributed by atoms with E-state index in [4.69, 9.17) is 8.22 Å². The zero-order valence-electron chi connectivity index (χ0n) is 11.8. The number of nitrogens with zero attached hydrogens (tertiary/aromatic N) is 1. The van der Waals surface area contributed by atoms with Crippen LogP contribution in [0.25, 0.3) is 0 Å². The van der Waals surface area contributed by atoms with Gasteiger partial charge in [0.15, 0.2) is 0 Å². The summed E-state index contributed by atoms with van der Waals surface area (Å²) in [6, 6.07) is 0. The zero-order chi connectivity index (χ0) is 12.7. The Kier molecular flexibility index (Phi) is 1.11. The summed E-state index contributed by atoms with van der Waals surface area (Å²) >= 11 is -0.670. The van der Waals surface area contributed by atoms with Gasteiger partial charge in [-0.05, 0) is 0 Å². The van der Waals surface area contributed by atoms with Crippen molar-refractivity contribution in [3.63, 3.8) is 0 Å². The zero-order valence-corrected chi connectivity index (χ0v) is 9.19. The molecule has 56 valence electrons. The molecule has 1 nitrogen and oxygen atoms in total. The Morgan fingerprint density at radius 1 is 1.20 bits per heavy atom. The standard InChI is InChI=1S/C7H12NSe2/c1-5-6(2)10-7(9-5)8(3)4/h1-4H3/q+1/i1D3,2D3. The third-order valence-corrected chi connectivity index (χ3v) is 7.40. The molecule has 0 spiro atoms. The van der Waals surface area contributed by atoms with Gasteiger partial charge in [0.05, 0.1) is 0 Å². The van der Waals surface area contributed by atoms with E-state index >= 15 is 0 Å². The molecular weight excluding hydrogens is 256 g/mol. The fraction of sp³-hybridized carbons (Fsp3) is 0.571. The van der Waals surface area contributed by atoms with Crippen LogP contribution in [0.1, 0.15) is 17.1 Å². The molecule has 0 amide bonds. The SMILES string of the molecule is [2H]C([2H])([2H])c1[se]c(=[N+](C)C)[se]c1C([2H])([2H])[2H]. The Morgan fingerprint density at radius 3 is 2.00 bits per heavy atom. The van der Waals surface area contributed by atoms with Crippen LogP contribution in [0.15, 0.2) is 0 Å². The van der Waals surface area contributed by atoms with Crippen molar-refractivity contribution in [3.05, 3.63) is 12.0 Å². The molecule has 0 radical (unpaired) electrons. The summed E-state index contributed by atoms with van der Waals surface area (Å²) in [4.78, 5) is 0. The molecule has 0 atom stereocenters. The van der Waals surface area contributed by atoms with Crippen LogP contribution in [0.3, 0.4) is 0 Å². The van der Waals surface area contributed by atoms with E-state index in [9.17, 15) is 0 Å². The Hall–Kier alpha value is 0.449. The first-order chi connectivity index (χ1) is 7.03. The minimum absolute atomic E-state index is 0.184. The molecule has 0 fully saturated rings. The van der Waals surface area contributed by atoms with Gasteiger partial charge in [-0.1, -0.05) is 0 Å². The van der Waals surface area contributed by atoms with Crippen LogP contribution in [-0.2, 0) is 0 Å². The molecule has 0 aromatic carbocycles. The molecule has 0 saturated heterocycles. The van der Waals surface area contributed by atoms with Crippen LogP contribution in [0, 0.1) is 13.7 Å². The van der Waals surface area contributed by atoms with Crippen molar-refractivity contribution in [3.8, 4) is 0 Å². The average molecular weight is 274 g/mol. The summed E-state index contributed by atoms with van der Waals surface area (Å²) in [6.07, 6.45) is 0. The minimum atomic E-state index is -2.26. The molecule has 0 saturated carbocycles. The Morgan fingerprint density at radius 2 is 1.70 bits per heavy atom. The third-order valence-electron chi connectivity index (χ3n) is 0.950. The quantitative estimate of drug-likeness (QED) is 0.441. The predicted octanol–water partition coefficient (Wildman–Crippen LogP) is -0.551. The normalized spacial score (nSPS) is 21.4. The number of aryl methyl sites for hydroxylation is 2. The van der Waals surface area contributed by atoms with Crippen molar-refractivity contribution in [1.82, 2.24) is 4.58 Å². The van der Waals surface area contributed by atoms with Crippen molar-refractivity contribution in [2.24, 2.45) is 0 Å². The van der Waals surface area contributed by atoms with E-state index in [0.29, 0.717) is 0 Å². The summed E-state index contributed by atoms with van der Waals surface area (Å²) in [6.45, 7) is -4.52. The molecular formula is C7H12NSe2+. The predicted molar refractivity (Wildman–Crippen MR) is 46.9 cm³/mol. The first kappa shape index (κ1) is 3.45. The van der Waals surface area contributed by atoms with E-state index in [1.165, 1.54) is 0 Å². The van der Waals surface area contributed by atoms with Crippen LogP contribution in [0.2, 0.25) is 0 Å². The maximum absolute atomic E-state index is 7.39. The van der Waals surface area contributed by atoms with Gasteiger partial charge >= 0.3 is 81.6 Å². The van der Waals surface area contributed by atoms with Crippen molar-refractivity contribution in [1.29, 1.82) is 0 Å². The second-order valence-electron chi connectivity index (χ2n) is 2.02. The average Bonchev–Trinajstić information content (AvgIpc) is 2.44. The van der Waals surface area contributed by atoms with E-state index in [1.54, 1.807) is 0 Å². The molecule has 1 rings (SSSR count). The van der Waals surface area contributed by atoms with Gasteiger partial charge in [-0.3, -0.25) is 0 Å². The molecule has 0 unspecified atom stereocenters. The van der Waals surface area contributed by atoms with E-state index in [0.717, 1.165) is 3.11 Å². The molecule has 1 heterocycles. The van der Waals surface area contributed by atoms with E-state index in [2.05, 4.69) is 0 Å². The fourth-order valence-corrected chi connectivity index (χ4v) is 5.63. The third kappa shape index (κ3) is 1.73. The van der Waals surface area contributed by atoms with Crippen LogP contribution in [0.5, 0.6) is 0 Å². The molecule has 3 heteroatoms. The van der Waals surface area contributed by atoms with Gasteiger partial charge in [-0.15, -0.1) is 0 Å². The van der Waals surface area contributed by atoms with Crippen molar-refractivity contribution in [2.45, 2.75) is 13.7 Å². The summed E-state index contributed by atoms with van der Waals surface area (Å²) in [5, 5.41) is 0. The maximum atomic E-state index is 7.39. The Bertz CT molecular complexity index is 410. The van der Waals surface area contributed by atoms with Gasteiger partial charge in [-0.2, -0.15) is 0 Å². The van der Waals surface area contributed by atoms with E-state index in [1.807, 2.05) is 18.7 Å². The molecule has 0 bridgehead atoms. The van der Waals surface area contributed by atoms with Crippen LogP contribution >= 0.6 is 0 Å². The molecule has 1 aromatic heterocycles. The topological polar surface area (TPSA) is 3.01 Å². The molecule has 0 N–H and O–H groups in total. The summed E-state index contributed by atoms with van der Waals surface area (Å²) in [5.41, 5.74) is 0. The van der Waals surface area contributed by atoms with Gasteiger partial charge < -0.3 is 0 Å². The number of rotatable bonds is 0. The van der Waals surface area contributed by atoms with Crippen LogP contribution < -0.4 is 7.68 Å². The second-order valence-corrected chi connectivity index (χ2v) is 7.53. The van der Waals surface area contributed by atoms with Crippen molar-refractivity contribution >= 4 is 29.0 Å². The van der Waals surface area contributed by atoms with Gasteiger partial charge in [0.2, 0.25) is 0 Å². The molecule has 1 aromatic rings.